The highest BCUT2D eigenvalue weighted by molar-refractivity contribution is 5.84. The van der Waals surface area contributed by atoms with Crippen molar-refractivity contribution in [3.05, 3.63) is 59.1 Å². The van der Waals surface area contributed by atoms with Crippen LogP contribution in [0.1, 0.15) is 23.9 Å². The highest BCUT2D eigenvalue weighted by atomic mass is 19.1. The maximum atomic E-state index is 14.2. The third-order valence-electron chi connectivity index (χ3n) is 3.61. The number of allylic oxidation sites excluding steroid dienone is 1. The van der Waals surface area contributed by atoms with Gasteiger partial charge in [-0.15, -0.1) is 0 Å². The summed E-state index contributed by atoms with van der Waals surface area (Å²) in [6, 6.07) is 1.50. The summed E-state index contributed by atoms with van der Waals surface area (Å²) in [5.41, 5.74) is 10.2. The summed E-state index contributed by atoms with van der Waals surface area (Å²) in [6.07, 6.45) is 8.06. The highest BCUT2D eigenvalue weighted by Gasteiger charge is 2.19. The van der Waals surface area contributed by atoms with E-state index in [1.165, 1.54) is 6.07 Å². The predicted octanol–water partition coefficient (Wildman–Crippen LogP) is 2.39. The molecule has 0 saturated heterocycles. The fourth-order valence-electron chi connectivity index (χ4n) is 2.72. The molecule has 0 fully saturated rings. The molecular weight excluding hydrogens is 269 g/mol. The first-order chi connectivity index (χ1) is 10.1. The Kier molecular flexibility index (Phi) is 2.35. The molecule has 21 heavy (non-hydrogen) atoms. The molecule has 5 nitrogen and oxygen atoms in total. The number of nitrogens with two attached hydrogens (primary N) is 1. The van der Waals surface area contributed by atoms with Gasteiger partial charge in [-0.3, -0.25) is 0 Å². The van der Waals surface area contributed by atoms with Crippen LogP contribution in [0.15, 0.2) is 30.7 Å². The lowest BCUT2D eigenvalue weighted by Crippen LogP contribution is -2.00. The SMILES string of the molecule is Cc1cn2cc(C3=CCc4nc(N)ncc43)cc(F)c2n1.[HH]. The summed E-state index contributed by atoms with van der Waals surface area (Å²) in [7, 11) is 0. The van der Waals surface area contributed by atoms with E-state index in [1.807, 2.05) is 19.2 Å². The molecule has 106 valence electrons. The Morgan fingerprint density at radius 3 is 3.05 bits per heavy atom. The van der Waals surface area contributed by atoms with Gasteiger partial charge in [0.25, 0.3) is 0 Å². The second-order valence-electron chi connectivity index (χ2n) is 5.10. The number of nitrogen functional groups attached to an aromatic ring is 1. The van der Waals surface area contributed by atoms with Crippen LogP contribution in [0.25, 0.3) is 11.2 Å². The molecule has 0 atom stereocenters. The van der Waals surface area contributed by atoms with Crippen LogP contribution in [-0.4, -0.2) is 19.4 Å². The molecule has 3 aromatic heterocycles. The largest absolute Gasteiger partial charge is 0.368 e. The Bertz CT molecular complexity index is 916. The predicted molar refractivity (Wildman–Crippen MR) is 79.2 cm³/mol. The van der Waals surface area contributed by atoms with Gasteiger partial charge >= 0.3 is 0 Å². The van der Waals surface area contributed by atoms with Crippen LogP contribution in [0.3, 0.4) is 0 Å². The van der Waals surface area contributed by atoms with E-state index in [0.717, 1.165) is 28.1 Å². The first kappa shape index (κ1) is 12.0. The third kappa shape index (κ3) is 1.79. The van der Waals surface area contributed by atoms with Crippen molar-refractivity contribution in [1.29, 1.82) is 0 Å². The van der Waals surface area contributed by atoms with Crippen molar-refractivity contribution >= 4 is 17.2 Å². The second kappa shape index (κ2) is 4.12. The van der Waals surface area contributed by atoms with Crippen molar-refractivity contribution in [2.24, 2.45) is 0 Å². The van der Waals surface area contributed by atoms with Crippen molar-refractivity contribution in [1.82, 2.24) is 19.4 Å². The Labute approximate surface area is 121 Å². The third-order valence-corrected chi connectivity index (χ3v) is 3.61. The van der Waals surface area contributed by atoms with Crippen molar-refractivity contribution in [3.8, 4) is 0 Å². The monoisotopic (exact) mass is 283 g/mol. The van der Waals surface area contributed by atoms with Crippen LogP contribution in [0, 0.1) is 12.7 Å². The molecule has 0 amide bonds. The van der Waals surface area contributed by atoms with Gasteiger partial charge in [-0.2, -0.15) is 0 Å². The van der Waals surface area contributed by atoms with Crippen molar-refractivity contribution in [3.63, 3.8) is 0 Å². The zero-order chi connectivity index (χ0) is 14.6. The fraction of sp³-hybridized carbons (Fsp3) is 0.133. The number of aromatic nitrogens is 4. The molecule has 0 radical (unpaired) electrons. The Morgan fingerprint density at radius 1 is 1.33 bits per heavy atom. The molecule has 4 rings (SSSR count). The van der Waals surface area contributed by atoms with E-state index in [-0.39, 0.29) is 13.2 Å². The molecule has 0 bridgehead atoms. The molecule has 0 unspecified atom stereocenters. The molecule has 2 N–H and O–H groups in total. The Balaban J connectivity index is 0.00000144. The van der Waals surface area contributed by atoms with E-state index >= 15 is 0 Å². The minimum atomic E-state index is -0.341. The first-order valence-corrected chi connectivity index (χ1v) is 6.59. The van der Waals surface area contributed by atoms with E-state index in [0.29, 0.717) is 12.1 Å². The number of hydrogen-bond acceptors (Lipinski definition) is 4. The standard InChI is InChI=1S/C15H12FN5.H2/c1-8-6-21-7-9(4-12(16)14(21)19-8)10-2-3-13-11(10)5-18-15(17)20-13;/h2,4-7H,3H2,1H3,(H2,17,18,20);1H. The van der Waals surface area contributed by atoms with Crippen LogP contribution in [0.5, 0.6) is 0 Å². The van der Waals surface area contributed by atoms with E-state index in [4.69, 9.17) is 5.73 Å². The van der Waals surface area contributed by atoms with Gasteiger partial charge in [0.2, 0.25) is 5.95 Å². The lowest BCUT2D eigenvalue weighted by Gasteiger charge is -2.07. The van der Waals surface area contributed by atoms with Gasteiger partial charge in [0.05, 0.1) is 11.4 Å². The van der Waals surface area contributed by atoms with Gasteiger partial charge in [-0.1, -0.05) is 6.08 Å². The average Bonchev–Trinajstić information content (AvgIpc) is 3.01. The van der Waals surface area contributed by atoms with Crippen LogP contribution in [-0.2, 0) is 6.42 Å². The molecule has 0 spiro atoms. The molecule has 6 heteroatoms. The highest BCUT2D eigenvalue weighted by Crippen LogP contribution is 2.32. The average molecular weight is 283 g/mol. The van der Waals surface area contributed by atoms with Gasteiger partial charge < -0.3 is 10.1 Å². The van der Waals surface area contributed by atoms with Gasteiger partial charge in [0, 0.05) is 37.6 Å². The van der Waals surface area contributed by atoms with Crippen LogP contribution in [0.2, 0.25) is 0 Å². The summed E-state index contributed by atoms with van der Waals surface area (Å²) in [4.78, 5) is 12.4. The van der Waals surface area contributed by atoms with Crippen LogP contribution >= 0.6 is 0 Å². The van der Waals surface area contributed by atoms with E-state index in [9.17, 15) is 4.39 Å². The summed E-state index contributed by atoms with van der Waals surface area (Å²) in [5, 5.41) is 0. The number of fused-ring (bicyclic) bond motifs is 2. The molecule has 0 saturated carbocycles. The number of rotatable bonds is 1. The zero-order valence-corrected chi connectivity index (χ0v) is 11.3. The summed E-state index contributed by atoms with van der Waals surface area (Å²) in [6.45, 7) is 1.84. The lowest BCUT2D eigenvalue weighted by atomic mass is 10.0. The van der Waals surface area contributed by atoms with Crippen LogP contribution in [0.4, 0.5) is 10.3 Å². The smallest absolute Gasteiger partial charge is 0.220 e. The minimum absolute atomic E-state index is 0. The molecule has 0 aliphatic heterocycles. The molecule has 1 aliphatic rings. The van der Waals surface area contributed by atoms with E-state index in [2.05, 4.69) is 15.0 Å². The first-order valence-electron chi connectivity index (χ1n) is 6.59. The number of anilines is 1. The van der Waals surface area contributed by atoms with Crippen molar-refractivity contribution in [2.75, 3.05) is 5.73 Å². The maximum Gasteiger partial charge on any atom is 0.220 e. The van der Waals surface area contributed by atoms with Gasteiger partial charge in [-0.25, -0.2) is 19.3 Å². The summed E-state index contributed by atoms with van der Waals surface area (Å²) < 4.78 is 15.9. The minimum Gasteiger partial charge on any atom is -0.368 e. The lowest BCUT2D eigenvalue weighted by molar-refractivity contribution is 0.629. The molecule has 1 aliphatic carbocycles. The van der Waals surface area contributed by atoms with Crippen LogP contribution < -0.4 is 5.73 Å². The number of hydrogen-bond donors (Lipinski definition) is 1. The summed E-state index contributed by atoms with van der Waals surface area (Å²) in [5.74, 6) is -0.0819. The molecular formula is C15H14FN5. The van der Waals surface area contributed by atoms with Gasteiger partial charge in [0.15, 0.2) is 11.5 Å². The topological polar surface area (TPSA) is 69.1 Å². The summed E-state index contributed by atoms with van der Waals surface area (Å²) >= 11 is 0. The molecule has 3 aromatic rings. The number of nitrogens with zero attached hydrogens (tertiary/aromatic N) is 4. The maximum absolute atomic E-state index is 14.2. The molecule has 3 heterocycles. The normalized spacial score (nSPS) is 13.5. The van der Waals surface area contributed by atoms with Gasteiger partial charge in [-0.05, 0) is 18.6 Å². The second-order valence-corrected chi connectivity index (χ2v) is 5.10. The molecule has 0 aromatic carbocycles. The zero-order valence-electron chi connectivity index (χ0n) is 11.3. The number of imidazole rings is 1. The fourth-order valence-corrected chi connectivity index (χ4v) is 2.72. The quantitative estimate of drug-likeness (QED) is 0.744. The Morgan fingerprint density at radius 2 is 2.19 bits per heavy atom. The van der Waals surface area contributed by atoms with E-state index < -0.39 is 0 Å². The van der Waals surface area contributed by atoms with Crippen molar-refractivity contribution < 1.29 is 5.82 Å². The number of halogens is 1. The van der Waals surface area contributed by atoms with Gasteiger partial charge in [0.1, 0.15) is 0 Å². The number of pyridine rings is 1. The van der Waals surface area contributed by atoms with E-state index in [1.54, 1.807) is 16.8 Å². The number of aryl methyl sites for hydroxylation is 1. The van der Waals surface area contributed by atoms with Crippen molar-refractivity contribution in [2.45, 2.75) is 13.3 Å². The Hall–Kier alpha value is -2.76.